The largest absolute Gasteiger partial charge is 0.550 e. The van der Waals surface area contributed by atoms with Gasteiger partial charge < -0.3 is 20.1 Å². The average Bonchev–Trinajstić information content (AvgIpc) is 2.34. The molecule has 0 amide bonds. The number of carbonyl (C=O) groups is 1. The maximum Gasteiger partial charge on any atom is 0.0574 e. The molecule has 2 aliphatic carbocycles. The van der Waals surface area contributed by atoms with Crippen LogP contribution in [0, 0.1) is 17.8 Å². The lowest BCUT2D eigenvalue weighted by molar-refractivity contribution is -0.318. The number of carbonyl (C=O) groups excluding carboxylic acids is 1. The first-order valence-electron chi connectivity index (χ1n) is 7.18. The van der Waals surface area contributed by atoms with Crippen LogP contribution < -0.4 is 5.11 Å². The Morgan fingerprint density at radius 1 is 0.889 bits per heavy atom. The van der Waals surface area contributed by atoms with Crippen LogP contribution in [0.4, 0.5) is 0 Å². The Kier molecular flexibility index (Phi) is 4.62. The maximum absolute atomic E-state index is 11.5. The molecule has 0 aromatic rings. The van der Waals surface area contributed by atoms with Gasteiger partial charge in [-0.3, -0.25) is 0 Å². The van der Waals surface area contributed by atoms with Gasteiger partial charge in [0.25, 0.3) is 0 Å². The molecule has 104 valence electrons. The van der Waals surface area contributed by atoms with Gasteiger partial charge in [0.1, 0.15) is 0 Å². The van der Waals surface area contributed by atoms with E-state index < -0.39 is 24.1 Å². The van der Waals surface area contributed by atoms with Crippen LogP contribution in [0.3, 0.4) is 0 Å². The minimum Gasteiger partial charge on any atom is -0.550 e. The number of carboxylic acid groups (broad SMARTS) is 1. The molecule has 2 N–H and O–H groups in total. The second kappa shape index (κ2) is 6.02. The van der Waals surface area contributed by atoms with Crippen molar-refractivity contribution in [1.82, 2.24) is 0 Å². The third kappa shape index (κ3) is 2.86. The molecular formula is C14H23O4-. The van der Waals surface area contributed by atoms with Crippen molar-refractivity contribution in [2.75, 3.05) is 0 Å². The quantitative estimate of drug-likeness (QED) is 0.767. The molecule has 0 heterocycles. The van der Waals surface area contributed by atoms with Gasteiger partial charge >= 0.3 is 0 Å². The van der Waals surface area contributed by atoms with Crippen molar-refractivity contribution in [2.45, 2.75) is 63.6 Å². The Labute approximate surface area is 108 Å². The first-order chi connectivity index (χ1) is 8.61. The predicted octanol–water partition coefficient (Wildman–Crippen LogP) is 0.455. The predicted molar refractivity (Wildman–Crippen MR) is 64.4 cm³/mol. The van der Waals surface area contributed by atoms with Gasteiger partial charge in [0.15, 0.2) is 0 Å². The summed E-state index contributed by atoms with van der Waals surface area (Å²) in [7, 11) is 0. The molecule has 0 aromatic carbocycles. The van der Waals surface area contributed by atoms with E-state index in [0.717, 1.165) is 38.5 Å². The molecule has 4 atom stereocenters. The fourth-order valence-corrected chi connectivity index (χ4v) is 3.78. The van der Waals surface area contributed by atoms with Crippen molar-refractivity contribution >= 4 is 5.97 Å². The van der Waals surface area contributed by atoms with Crippen molar-refractivity contribution in [2.24, 2.45) is 17.8 Å². The molecule has 2 saturated carbocycles. The fourth-order valence-electron chi connectivity index (χ4n) is 3.78. The van der Waals surface area contributed by atoms with Crippen LogP contribution in [0.1, 0.15) is 51.4 Å². The lowest BCUT2D eigenvalue weighted by Gasteiger charge is -2.42. The van der Waals surface area contributed by atoms with Crippen LogP contribution in [0.15, 0.2) is 0 Å². The second-order valence-electron chi connectivity index (χ2n) is 5.88. The monoisotopic (exact) mass is 255 g/mol. The third-order valence-corrected chi connectivity index (χ3v) is 4.76. The number of hydrogen-bond acceptors (Lipinski definition) is 4. The Bertz CT molecular complexity index is 270. The molecule has 0 spiro atoms. The van der Waals surface area contributed by atoms with E-state index >= 15 is 0 Å². The number of aliphatic hydroxyl groups is 2. The normalized spacial score (nSPS) is 39.2. The summed E-state index contributed by atoms with van der Waals surface area (Å²) in [5.74, 6) is -2.24. The smallest absolute Gasteiger partial charge is 0.0574 e. The molecule has 0 bridgehead atoms. The molecule has 4 unspecified atom stereocenters. The van der Waals surface area contributed by atoms with Gasteiger partial charge in [-0.15, -0.1) is 0 Å². The third-order valence-electron chi connectivity index (χ3n) is 4.76. The fraction of sp³-hybridized carbons (Fsp3) is 0.929. The summed E-state index contributed by atoms with van der Waals surface area (Å²) in [4.78, 5) is 11.5. The van der Waals surface area contributed by atoms with Gasteiger partial charge in [0.05, 0.1) is 12.2 Å². The zero-order chi connectivity index (χ0) is 13.1. The highest BCUT2D eigenvalue weighted by molar-refractivity contribution is 5.68. The standard InChI is InChI=1S/C14H24O4/c15-11-7-3-1-5-9(11)13(14(17)18)10-6-2-4-8-12(10)16/h9-13,15-16H,1-8H2,(H,17,18)/p-1. The number of hydrogen-bond donors (Lipinski definition) is 2. The van der Waals surface area contributed by atoms with E-state index in [0.29, 0.717) is 12.8 Å². The van der Waals surface area contributed by atoms with Crippen LogP contribution in [0.5, 0.6) is 0 Å². The average molecular weight is 255 g/mol. The molecule has 2 fully saturated rings. The van der Waals surface area contributed by atoms with E-state index in [-0.39, 0.29) is 11.8 Å². The molecule has 4 heteroatoms. The van der Waals surface area contributed by atoms with Crippen LogP contribution in [0.2, 0.25) is 0 Å². The van der Waals surface area contributed by atoms with Crippen molar-refractivity contribution in [3.05, 3.63) is 0 Å². The minimum absolute atomic E-state index is 0.235. The Hall–Kier alpha value is -0.610. The van der Waals surface area contributed by atoms with Gasteiger partial charge in [-0.05, 0) is 37.5 Å². The minimum atomic E-state index is -1.09. The molecule has 18 heavy (non-hydrogen) atoms. The summed E-state index contributed by atoms with van der Waals surface area (Å²) < 4.78 is 0. The molecule has 0 aliphatic heterocycles. The Morgan fingerprint density at radius 2 is 1.28 bits per heavy atom. The van der Waals surface area contributed by atoms with E-state index in [1.54, 1.807) is 0 Å². The SMILES string of the molecule is O=C([O-])C(C1CCCCC1O)C1CCCCC1O. The molecule has 4 nitrogen and oxygen atoms in total. The molecule has 2 aliphatic rings. The lowest BCUT2D eigenvalue weighted by Crippen LogP contribution is -2.49. The van der Waals surface area contributed by atoms with E-state index in [1.807, 2.05) is 0 Å². The molecular weight excluding hydrogens is 232 g/mol. The van der Waals surface area contributed by atoms with Gasteiger partial charge in [0, 0.05) is 11.9 Å². The Morgan fingerprint density at radius 3 is 1.61 bits per heavy atom. The van der Waals surface area contributed by atoms with E-state index in [1.165, 1.54) is 0 Å². The molecule has 2 rings (SSSR count). The van der Waals surface area contributed by atoms with Crippen molar-refractivity contribution in [3.8, 4) is 0 Å². The summed E-state index contributed by atoms with van der Waals surface area (Å²) in [6, 6.07) is 0. The summed E-state index contributed by atoms with van der Waals surface area (Å²) in [5.41, 5.74) is 0. The van der Waals surface area contributed by atoms with Gasteiger partial charge in [0.2, 0.25) is 0 Å². The summed E-state index contributed by atoms with van der Waals surface area (Å²) in [6.07, 6.45) is 5.60. The zero-order valence-electron chi connectivity index (χ0n) is 10.8. The van der Waals surface area contributed by atoms with E-state index in [4.69, 9.17) is 0 Å². The number of carboxylic acids is 1. The highest BCUT2D eigenvalue weighted by Gasteiger charge is 2.39. The highest BCUT2D eigenvalue weighted by Crippen LogP contribution is 2.40. The number of aliphatic carboxylic acids is 1. The van der Waals surface area contributed by atoms with Crippen LogP contribution >= 0.6 is 0 Å². The first kappa shape index (κ1) is 13.8. The highest BCUT2D eigenvalue weighted by atomic mass is 16.4. The molecule has 0 aromatic heterocycles. The maximum atomic E-state index is 11.5. The van der Waals surface area contributed by atoms with Crippen molar-refractivity contribution in [3.63, 3.8) is 0 Å². The summed E-state index contributed by atoms with van der Waals surface area (Å²) >= 11 is 0. The molecule has 0 radical (unpaired) electrons. The lowest BCUT2D eigenvalue weighted by atomic mass is 9.67. The van der Waals surface area contributed by atoms with E-state index in [2.05, 4.69) is 0 Å². The molecule has 0 saturated heterocycles. The second-order valence-corrected chi connectivity index (χ2v) is 5.88. The van der Waals surface area contributed by atoms with Gasteiger partial charge in [-0.1, -0.05) is 25.7 Å². The van der Waals surface area contributed by atoms with Crippen LogP contribution in [0.25, 0.3) is 0 Å². The van der Waals surface area contributed by atoms with E-state index in [9.17, 15) is 20.1 Å². The topological polar surface area (TPSA) is 80.6 Å². The Balaban J connectivity index is 2.13. The first-order valence-corrected chi connectivity index (χ1v) is 7.18. The van der Waals surface area contributed by atoms with Gasteiger partial charge in [-0.25, -0.2) is 0 Å². The number of aliphatic hydroxyl groups excluding tert-OH is 2. The summed E-state index contributed by atoms with van der Waals surface area (Å²) in [6.45, 7) is 0. The number of rotatable bonds is 3. The summed E-state index contributed by atoms with van der Waals surface area (Å²) in [5, 5.41) is 31.5. The van der Waals surface area contributed by atoms with Crippen molar-refractivity contribution in [1.29, 1.82) is 0 Å². The van der Waals surface area contributed by atoms with Crippen LogP contribution in [-0.2, 0) is 4.79 Å². The zero-order valence-corrected chi connectivity index (χ0v) is 10.8. The van der Waals surface area contributed by atoms with Crippen LogP contribution in [-0.4, -0.2) is 28.4 Å². The van der Waals surface area contributed by atoms with Crippen molar-refractivity contribution < 1.29 is 20.1 Å². The van der Waals surface area contributed by atoms with Gasteiger partial charge in [-0.2, -0.15) is 0 Å².